The maximum absolute atomic E-state index is 12.5. The Balaban J connectivity index is 1.66. The van der Waals surface area contributed by atoms with Crippen LogP contribution in [0.2, 0.25) is 0 Å². The predicted octanol–water partition coefficient (Wildman–Crippen LogP) is 4.22. The zero-order chi connectivity index (χ0) is 21.5. The molecule has 1 unspecified atom stereocenters. The van der Waals surface area contributed by atoms with Gasteiger partial charge in [0.2, 0.25) is 0 Å². The van der Waals surface area contributed by atoms with Crippen molar-refractivity contribution in [2.45, 2.75) is 13.0 Å². The van der Waals surface area contributed by atoms with Gasteiger partial charge in [0.15, 0.2) is 0 Å². The molecule has 0 aromatic heterocycles. The lowest BCUT2D eigenvalue weighted by Crippen LogP contribution is -2.26. The number of benzene rings is 3. The van der Waals surface area contributed by atoms with Gasteiger partial charge in [0.25, 0.3) is 11.8 Å². The number of amides is 2. The molecule has 6 heteroatoms. The minimum Gasteiger partial charge on any atom is -0.465 e. The number of esters is 1. The first-order valence-electron chi connectivity index (χ1n) is 9.43. The first-order valence-corrected chi connectivity index (χ1v) is 9.43. The molecule has 0 heterocycles. The van der Waals surface area contributed by atoms with Crippen molar-refractivity contribution < 1.29 is 19.1 Å². The van der Waals surface area contributed by atoms with E-state index in [1.807, 2.05) is 31.2 Å². The largest absolute Gasteiger partial charge is 0.465 e. The summed E-state index contributed by atoms with van der Waals surface area (Å²) in [4.78, 5) is 36.4. The number of carbonyl (C=O) groups excluding carboxylic acids is 3. The summed E-state index contributed by atoms with van der Waals surface area (Å²) in [5.74, 6) is -0.919. The smallest absolute Gasteiger partial charge is 0.337 e. The van der Waals surface area contributed by atoms with Gasteiger partial charge >= 0.3 is 5.97 Å². The molecule has 3 aromatic rings. The van der Waals surface area contributed by atoms with E-state index in [9.17, 15) is 14.4 Å². The number of hydrogen-bond acceptors (Lipinski definition) is 4. The minimum absolute atomic E-state index is 0.199. The van der Waals surface area contributed by atoms with E-state index in [2.05, 4.69) is 15.4 Å². The van der Waals surface area contributed by atoms with Crippen LogP contribution in [0.25, 0.3) is 0 Å². The lowest BCUT2D eigenvalue weighted by atomic mass is 10.1. The molecule has 0 aliphatic heterocycles. The van der Waals surface area contributed by atoms with Crippen LogP contribution in [0.1, 0.15) is 49.6 Å². The molecular weight excluding hydrogens is 380 g/mol. The second-order valence-corrected chi connectivity index (χ2v) is 6.71. The van der Waals surface area contributed by atoms with Crippen LogP contribution >= 0.6 is 0 Å². The number of methoxy groups -OCH3 is 1. The van der Waals surface area contributed by atoms with Crippen molar-refractivity contribution in [2.24, 2.45) is 0 Å². The van der Waals surface area contributed by atoms with E-state index in [0.29, 0.717) is 22.4 Å². The predicted molar refractivity (Wildman–Crippen MR) is 114 cm³/mol. The molecule has 0 radical (unpaired) electrons. The van der Waals surface area contributed by atoms with E-state index >= 15 is 0 Å². The molecule has 0 aliphatic rings. The lowest BCUT2D eigenvalue weighted by molar-refractivity contribution is 0.0600. The van der Waals surface area contributed by atoms with Gasteiger partial charge in [0.1, 0.15) is 0 Å². The van der Waals surface area contributed by atoms with Gasteiger partial charge in [-0.15, -0.1) is 0 Å². The quantitative estimate of drug-likeness (QED) is 0.605. The summed E-state index contributed by atoms with van der Waals surface area (Å²) in [6, 6.07) is 22.2. The number of anilines is 1. The standard InChI is InChI=1S/C24H22N2O4/c1-16(25-22(27)18-11-13-19(14-12-18)24(29)30-2)20-9-6-10-21(15-20)26-23(28)17-7-4-3-5-8-17/h3-16H,1-2H3,(H,25,27)(H,26,28). The van der Waals surface area contributed by atoms with Gasteiger partial charge in [-0.05, 0) is 61.0 Å². The molecule has 0 aliphatic carbocycles. The Morgan fingerprint density at radius 3 is 2.07 bits per heavy atom. The van der Waals surface area contributed by atoms with E-state index in [-0.39, 0.29) is 17.9 Å². The second kappa shape index (κ2) is 9.52. The number of ether oxygens (including phenoxy) is 1. The minimum atomic E-state index is -0.454. The molecule has 3 aromatic carbocycles. The van der Waals surface area contributed by atoms with Gasteiger partial charge in [-0.1, -0.05) is 30.3 Å². The Labute approximate surface area is 174 Å². The maximum atomic E-state index is 12.5. The van der Waals surface area contributed by atoms with Gasteiger partial charge in [-0.25, -0.2) is 4.79 Å². The van der Waals surface area contributed by atoms with Crippen molar-refractivity contribution in [2.75, 3.05) is 12.4 Å². The molecule has 2 amide bonds. The zero-order valence-corrected chi connectivity index (χ0v) is 16.7. The van der Waals surface area contributed by atoms with Crippen molar-refractivity contribution in [1.82, 2.24) is 5.32 Å². The third-order valence-corrected chi connectivity index (χ3v) is 4.60. The Hall–Kier alpha value is -3.93. The molecule has 0 saturated heterocycles. The van der Waals surface area contributed by atoms with Crippen molar-refractivity contribution in [3.05, 3.63) is 101 Å². The monoisotopic (exact) mass is 402 g/mol. The van der Waals surface area contributed by atoms with E-state index in [4.69, 9.17) is 0 Å². The highest BCUT2D eigenvalue weighted by atomic mass is 16.5. The van der Waals surface area contributed by atoms with Gasteiger partial charge in [0, 0.05) is 16.8 Å². The van der Waals surface area contributed by atoms with Crippen LogP contribution in [0, 0.1) is 0 Å². The van der Waals surface area contributed by atoms with E-state index < -0.39 is 5.97 Å². The normalized spacial score (nSPS) is 11.3. The fourth-order valence-corrected chi connectivity index (χ4v) is 2.92. The molecule has 152 valence electrons. The van der Waals surface area contributed by atoms with E-state index in [1.54, 1.807) is 54.6 Å². The highest BCUT2D eigenvalue weighted by Gasteiger charge is 2.14. The average Bonchev–Trinajstić information content (AvgIpc) is 2.79. The summed E-state index contributed by atoms with van der Waals surface area (Å²) < 4.78 is 4.66. The molecule has 6 nitrogen and oxygen atoms in total. The highest BCUT2D eigenvalue weighted by molar-refractivity contribution is 6.04. The highest BCUT2D eigenvalue weighted by Crippen LogP contribution is 2.19. The van der Waals surface area contributed by atoms with Gasteiger partial charge in [-0.3, -0.25) is 9.59 Å². The molecule has 30 heavy (non-hydrogen) atoms. The first kappa shape index (κ1) is 20.8. The topological polar surface area (TPSA) is 84.5 Å². The SMILES string of the molecule is COC(=O)c1ccc(C(=O)NC(C)c2cccc(NC(=O)c3ccccc3)c2)cc1. The molecule has 0 spiro atoms. The fraction of sp³-hybridized carbons (Fsp3) is 0.125. The fourth-order valence-electron chi connectivity index (χ4n) is 2.92. The zero-order valence-electron chi connectivity index (χ0n) is 16.7. The molecule has 0 bridgehead atoms. The van der Waals surface area contributed by atoms with Gasteiger partial charge < -0.3 is 15.4 Å². The summed E-state index contributed by atoms with van der Waals surface area (Å²) in [5, 5.41) is 5.78. The van der Waals surface area contributed by atoms with Crippen LogP contribution in [0.15, 0.2) is 78.9 Å². The Morgan fingerprint density at radius 1 is 0.767 bits per heavy atom. The third-order valence-electron chi connectivity index (χ3n) is 4.60. The molecule has 1 atom stereocenters. The van der Waals surface area contributed by atoms with Crippen LogP contribution < -0.4 is 10.6 Å². The van der Waals surface area contributed by atoms with Crippen LogP contribution in [0.3, 0.4) is 0 Å². The van der Waals surface area contributed by atoms with Crippen LogP contribution in [-0.4, -0.2) is 24.9 Å². The third kappa shape index (κ3) is 5.11. The van der Waals surface area contributed by atoms with E-state index in [0.717, 1.165) is 5.56 Å². The molecular formula is C24H22N2O4. The maximum Gasteiger partial charge on any atom is 0.337 e. The van der Waals surface area contributed by atoms with Gasteiger partial charge in [-0.2, -0.15) is 0 Å². The summed E-state index contributed by atoms with van der Waals surface area (Å²) in [5.41, 5.74) is 2.87. The Morgan fingerprint density at radius 2 is 1.40 bits per heavy atom. The summed E-state index contributed by atoms with van der Waals surface area (Å²) >= 11 is 0. The van der Waals surface area contributed by atoms with Crippen molar-refractivity contribution in [3.8, 4) is 0 Å². The molecule has 0 saturated carbocycles. The van der Waals surface area contributed by atoms with Crippen molar-refractivity contribution in [3.63, 3.8) is 0 Å². The summed E-state index contributed by atoms with van der Waals surface area (Å²) in [7, 11) is 1.31. The Kier molecular flexibility index (Phi) is 6.60. The van der Waals surface area contributed by atoms with Crippen molar-refractivity contribution >= 4 is 23.5 Å². The average molecular weight is 402 g/mol. The van der Waals surface area contributed by atoms with Crippen molar-refractivity contribution in [1.29, 1.82) is 0 Å². The summed E-state index contributed by atoms with van der Waals surface area (Å²) in [6.45, 7) is 1.86. The molecule has 2 N–H and O–H groups in total. The molecule has 3 rings (SSSR count). The first-order chi connectivity index (χ1) is 14.5. The van der Waals surface area contributed by atoms with Gasteiger partial charge in [0.05, 0.1) is 18.7 Å². The lowest BCUT2D eigenvalue weighted by Gasteiger charge is -2.16. The number of nitrogens with one attached hydrogen (secondary N) is 2. The summed E-state index contributed by atoms with van der Waals surface area (Å²) in [6.07, 6.45) is 0. The number of carbonyl (C=O) groups is 3. The Bertz CT molecular complexity index is 1050. The number of hydrogen-bond donors (Lipinski definition) is 2. The van der Waals surface area contributed by atoms with Crippen LogP contribution in [-0.2, 0) is 4.74 Å². The second-order valence-electron chi connectivity index (χ2n) is 6.71. The molecule has 0 fully saturated rings. The van der Waals surface area contributed by atoms with E-state index in [1.165, 1.54) is 7.11 Å². The van der Waals surface area contributed by atoms with Crippen LogP contribution in [0.4, 0.5) is 5.69 Å². The van der Waals surface area contributed by atoms with Crippen LogP contribution in [0.5, 0.6) is 0 Å². The number of rotatable bonds is 6.